The zero-order valence-corrected chi connectivity index (χ0v) is 19.1. The summed E-state index contributed by atoms with van der Waals surface area (Å²) >= 11 is 4.89. The minimum Gasteiger partial charge on any atom is -0.289 e. The first-order chi connectivity index (χ1) is 12.5. The van der Waals surface area contributed by atoms with E-state index < -0.39 is 0 Å². The average molecular weight is 385 g/mol. The van der Waals surface area contributed by atoms with E-state index >= 15 is 0 Å². The Hall–Kier alpha value is -1.54. The van der Waals surface area contributed by atoms with Gasteiger partial charge in [0.2, 0.25) is 0 Å². The number of rotatable bonds is 5. The second-order valence-electron chi connectivity index (χ2n) is 8.60. The number of carbonyl (C=O) groups excluding carboxylic acids is 1. The van der Waals surface area contributed by atoms with Gasteiger partial charge in [-0.05, 0) is 16.9 Å². The molecular weight excluding hydrogens is 348 g/mol. The molecular formula is C25H36OS. The highest BCUT2D eigenvalue weighted by Crippen LogP contribution is 2.46. The monoisotopic (exact) mass is 384 g/mol. The number of hydrogen-bond acceptors (Lipinski definition) is 2. The standard InChI is InChI=1S/C23H30OS.C2H6/c1-16(22(2,3)4)20(23(5,6)25)17-12-14-19(15-13-17)21(24)18-10-8-7-9-11-18;1-2/h7-16,20,25H,1-6H3;1-2H3. The molecule has 0 fully saturated rings. The summed E-state index contributed by atoms with van der Waals surface area (Å²) in [7, 11) is 0. The summed E-state index contributed by atoms with van der Waals surface area (Å²) in [6, 6.07) is 17.5. The molecule has 2 aromatic carbocycles. The highest BCUT2D eigenvalue weighted by molar-refractivity contribution is 7.81. The number of ketones is 1. The molecule has 2 heteroatoms. The molecule has 2 rings (SSSR count). The third-order valence-corrected chi connectivity index (χ3v) is 5.47. The zero-order valence-electron chi connectivity index (χ0n) is 18.2. The van der Waals surface area contributed by atoms with Crippen LogP contribution in [0.15, 0.2) is 54.6 Å². The highest BCUT2D eigenvalue weighted by atomic mass is 32.1. The van der Waals surface area contributed by atoms with Crippen LogP contribution in [0.25, 0.3) is 0 Å². The first-order valence-electron chi connectivity index (χ1n) is 9.94. The van der Waals surface area contributed by atoms with Crippen molar-refractivity contribution in [3.63, 3.8) is 0 Å². The molecule has 0 saturated carbocycles. The average Bonchev–Trinajstić information content (AvgIpc) is 2.62. The smallest absolute Gasteiger partial charge is 0.193 e. The molecule has 2 aromatic rings. The largest absolute Gasteiger partial charge is 0.289 e. The van der Waals surface area contributed by atoms with Crippen molar-refractivity contribution in [3.8, 4) is 0 Å². The maximum atomic E-state index is 12.6. The summed E-state index contributed by atoms with van der Waals surface area (Å²) in [5, 5.41) is 0. The fraction of sp³-hybridized carbons (Fsp3) is 0.480. The summed E-state index contributed by atoms with van der Waals surface area (Å²) in [5.41, 5.74) is 2.88. The molecule has 27 heavy (non-hydrogen) atoms. The van der Waals surface area contributed by atoms with Crippen LogP contribution in [0.2, 0.25) is 0 Å². The van der Waals surface area contributed by atoms with Gasteiger partial charge in [0, 0.05) is 21.8 Å². The van der Waals surface area contributed by atoms with E-state index in [4.69, 9.17) is 12.6 Å². The number of hydrogen-bond donors (Lipinski definition) is 1. The molecule has 0 aromatic heterocycles. The van der Waals surface area contributed by atoms with Crippen LogP contribution in [-0.4, -0.2) is 10.5 Å². The van der Waals surface area contributed by atoms with Gasteiger partial charge in [-0.15, -0.1) is 0 Å². The topological polar surface area (TPSA) is 17.1 Å². The van der Waals surface area contributed by atoms with E-state index in [9.17, 15) is 4.79 Å². The lowest BCUT2D eigenvalue weighted by atomic mass is 9.67. The molecule has 0 aliphatic heterocycles. The lowest BCUT2D eigenvalue weighted by molar-refractivity contribution is 0.103. The zero-order chi connectivity index (χ0) is 20.8. The first-order valence-corrected chi connectivity index (χ1v) is 10.4. The molecule has 148 valence electrons. The molecule has 0 bridgehead atoms. The lowest BCUT2D eigenvalue weighted by Gasteiger charge is -2.41. The number of carbonyl (C=O) groups is 1. The lowest BCUT2D eigenvalue weighted by Crippen LogP contribution is -2.35. The summed E-state index contributed by atoms with van der Waals surface area (Å²) in [6.07, 6.45) is 0. The Kier molecular flexibility index (Phi) is 8.35. The summed E-state index contributed by atoms with van der Waals surface area (Å²) in [4.78, 5) is 12.6. The van der Waals surface area contributed by atoms with Crippen molar-refractivity contribution >= 4 is 18.4 Å². The van der Waals surface area contributed by atoms with Gasteiger partial charge >= 0.3 is 0 Å². The fourth-order valence-electron chi connectivity index (χ4n) is 3.41. The minimum absolute atomic E-state index is 0.0673. The van der Waals surface area contributed by atoms with Crippen molar-refractivity contribution in [3.05, 3.63) is 71.3 Å². The van der Waals surface area contributed by atoms with Crippen molar-refractivity contribution in [2.75, 3.05) is 0 Å². The van der Waals surface area contributed by atoms with Gasteiger partial charge in [-0.1, -0.05) is 110 Å². The summed E-state index contributed by atoms with van der Waals surface area (Å²) in [6.45, 7) is 17.5. The molecule has 2 atom stereocenters. The van der Waals surface area contributed by atoms with Gasteiger partial charge < -0.3 is 0 Å². The van der Waals surface area contributed by atoms with Gasteiger partial charge in [0.25, 0.3) is 0 Å². The summed E-state index contributed by atoms with van der Waals surface area (Å²) in [5.74, 6) is 0.824. The van der Waals surface area contributed by atoms with Gasteiger partial charge in [-0.2, -0.15) is 12.6 Å². The van der Waals surface area contributed by atoms with Gasteiger partial charge in [0.1, 0.15) is 0 Å². The predicted molar refractivity (Wildman–Crippen MR) is 122 cm³/mol. The van der Waals surface area contributed by atoms with E-state index in [2.05, 4.69) is 53.7 Å². The Morgan fingerprint density at radius 2 is 1.26 bits per heavy atom. The van der Waals surface area contributed by atoms with Crippen LogP contribution in [0.5, 0.6) is 0 Å². The van der Waals surface area contributed by atoms with Gasteiger partial charge in [-0.3, -0.25) is 4.79 Å². The van der Waals surface area contributed by atoms with Crippen molar-refractivity contribution in [2.24, 2.45) is 11.3 Å². The van der Waals surface area contributed by atoms with Gasteiger partial charge in [-0.25, -0.2) is 0 Å². The first kappa shape index (κ1) is 23.5. The minimum atomic E-state index is -0.141. The molecule has 0 aliphatic rings. The SMILES string of the molecule is CC.CC(C(c1ccc(C(=O)c2ccccc2)cc1)C(C)(C)S)C(C)(C)C. The van der Waals surface area contributed by atoms with Gasteiger partial charge in [0.15, 0.2) is 5.78 Å². The van der Waals surface area contributed by atoms with Gasteiger partial charge in [0.05, 0.1) is 0 Å². The molecule has 0 saturated heterocycles. The van der Waals surface area contributed by atoms with Crippen LogP contribution >= 0.6 is 12.6 Å². The second kappa shape index (κ2) is 9.59. The van der Waals surface area contributed by atoms with E-state index in [-0.39, 0.29) is 15.9 Å². The van der Waals surface area contributed by atoms with E-state index in [0.717, 1.165) is 11.1 Å². The molecule has 0 radical (unpaired) electrons. The van der Waals surface area contributed by atoms with E-state index in [0.29, 0.717) is 11.8 Å². The van der Waals surface area contributed by atoms with E-state index in [1.165, 1.54) is 5.56 Å². The maximum absolute atomic E-state index is 12.6. The Labute approximate surface area is 172 Å². The third kappa shape index (κ3) is 6.24. The van der Waals surface area contributed by atoms with Crippen LogP contribution in [0, 0.1) is 11.3 Å². The second-order valence-corrected chi connectivity index (χ2v) is 9.76. The number of thiol groups is 1. The Morgan fingerprint density at radius 1 is 0.815 bits per heavy atom. The van der Waals surface area contributed by atoms with Crippen LogP contribution in [0.3, 0.4) is 0 Å². The highest BCUT2D eigenvalue weighted by Gasteiger charge is 2.37. The van der Waals surface area contributed by atoms with Crippen molar-refractivity contribution in [1.29, 1.82) is 0 Å². The molecule has 2 unspecified atom stereocenters. The van der Waals surface area contributed by atoms with E-state index in [1.807, 2.05) is 56.3 Å². The Bertz CT molecular complexity index is 703. The summed E-state index contributed by atoms with van der Waals surface area (Å²) < 4.78 is -0.141. The van der Waals surface area contributed by atoms with Crippen LogP contribution < -0.4 is 0 Å². The van der Waals surface area contributed by atoms with E-state index in [1.54, 1.807) is 0 Å². The van der Waals surface area contributed by atoms with Crippen LogP contribution in [-0.2, 0) is 0 Å². The Morgan fingerprint density at radius 3 is 1.67 bits per heavy atom. The Balaban J connectivity index is 0.00000176. The third-order valence-electron chi connectivity index (χ3n) is 5.20. The maximum Gasteiger partial charge on any atom is 0.193 e. The number of benzene rings is 2. The molecule has 1 nitrogen and oxygen atoms in total. The van der Waals surface area contributed by atoms with Crippen molar-refractivity contribution < 1.29 is 4.79 Å². The molecule has 0 spiro atoms. The van der Waals surface area contributed by atoms with Crippen LogP contribution in [0.1, 0.15) is 82.8 Å². The fourth-order valence-corrected chi connectivity index (χ4v) is 3.78. The quantitative estimate of drug-likeness (QED) is 0.419. The van der Waals surface area contributed by atoms with Crippen molar-refractivity contribution in [2.45, 2.75) is 66.1 Å². The molecule has 0 N–H and O–H groups in total. The molecule has 0 aliphatic carbocycles. The van der Waals surface area contributed by atoms with Crippen LogP contribution in [0.4, 0.5) is 0 Å². The molecule has 0 heterocycles. The predicted octanol–water partition coefficient (Wildman–Crippen LogP) is 7.42. The normalized spacial score (nSPS) is 14.0. The van der Waals surface area contributed by atoms with Crippen molar-refractivity contribution in [1.82, 2.24) is 0 Å². The molecule has 0 amide bonds.